The van der Waals surface area contributed by atoms with E-state index in [1.807, 2.05) is 6.07 Å². The summed E-state index contributed by atoms with van der Waals surface area (Å²) < 4.78 is 6.37. The van der Waals surface area contributed by atoms with Crippen LogP contribution >= 0.6 is 0 Å². The van der Waals surface area contributed by atoms with Gasteiger partial charge in [-0.2, -0.15) is 0 Å². The van der Waals surface area contributed by atoms with Crippen LogP contribution in [0.5, 0.6) is 5.75 Å². The number of fused-ring (bicyclic) bond motifs is 1. The fourth-order valence-corrected chi connectivity index (χ4v) is 3.19. The molecule has 3 rings (SSSR count). The number of aryl methyl sites for hydroxylation is 2. The number of hydrogen-bond donors (Lipinski definition) is 1. The lowest BCUT2D eigenvalue weighted by atomic mass is 9.92. The van der Waals surface area contributed by atoms with Crippen LogP contribution in [-0.2, 0) is 18.4 Å². The monoisotopic (exact) mass is 281 g/mol. The normalized spacial score (nSPS) is 16.3. The molecule has 110 valence electrons. The molecular weight excluding hydrogens is 258 g/mol. The van der Waals surface area contributed by atoms with E-state index in [0.717, 1.165) is 12.2 Å². The van der Waals surface area contributed by atoms with E-state index in [1.54, 1.807) is 0 Å². The van der Waals surface area contributed by atoms with Gasteiger partial charge in [0.2, 0.25) is 0 Å². The Morgan fingerprint density at radius 2 is 1.81 bits per heavy atom. The van der Waals surface area contributed by atoms with E-state index in [0.29, 0.717) is 6.54 Å². The van der Waals surface area contributed by atoms with Crippen molar-refractivity contribution in [3.05, 3.63) is 65.2 Å². The molecule has 0 aliphatic heterocycles. The van der Waals surface area contributed by atoms with Crippen LogP contribution in [0.4, 0.5) is 0 Å². The van der Waals surface area contributed by atoms with Crippen LogP contribution in [0.25, 0.3) is 0 Å². The second kappa shape index (κ2) is 5.90. The molecule has 0 saturated heterocycles. The van der Waals surface area contributed by atoms with Gasteiger partial charge in [-0.3, -0.25) is 0 Å². The van der Waals surface area contributed by atoms with E-state index in [-0.39, 0.29) is 5.60 Å². The van der Waals surface area contributed by atoms with E-state index in [1.165, 1.54) is 36.0 Å². The van der Waals surface area contributed by atoms with Crippen molar-refractivity contribution >= 4 is 0 Å². The Morgan fingerprint density at radius 3 is 2.57 bits per heavy atom. The molecule has 1 unspecified atom stereocenters. The van der Waals surface area contributed by atoms with E-state index >= 15 is 0 Å². The highest BCUT2D eigenvalue weighted by atomic mass is 16.5. The Kier molecular flexibility index (Phi) is 3.98. The lowest BCUT2D eigenvalue weighted by molar-refractivity contribution is 0.0796. The van der Waals surface area contributed by atoms with Crippen molar-refractivity contribution in [3.8, 4) is 5.75 Å². The Hall–Kier alpha value is -1.80. The zero-order chi connectivity index (χ0) is 14.7. The second-order valence-corrected chi connectivity index (χ2v) is 6.02. The Balaban J connectivity index is 1.88. The van der Waals surface area contributed by atoms with Gasteiger partial charge in [0, 0.05) is 6.42 Å². The first-order chi connectivity index (χ1) is 10.2. The van der Waals surface area contributed by atoms with Crippen LogP contribution in [0.3, 0.4) is 0 Å². The van der Waals surface area contributed by atoms with Crippen molar-refractivity contribution in [1.82, 2.24) is 0 Å². The lowest BCUT2D eigenvalue weighted by Crippen LogP contribution is -2.32. The molecule has 0 bridgehead atoms. The summed E-state index contributed by atoms with van der Waals surface area (Å²) >= 11 is 0. The molecule has 0 fully saturated rings. The minimum Gasteiger partial charge on any atom is -0.483 e. The third kappa shape index (κ3) is 2.96. The number of hydrogen-bond acceptors (Lipinski definition) is 2. The summed E-state index contributed by atoms with van der Waals surface area (Å²) in [6.07, 6.45) is 4.44. The lowest BCUT2D eigenvalue weighted by Gasteiger charge is -2.31. The second-order valence-electron chi connectivity index (χ2n) is 6.02. The molecule has 0 saturated carbocycles. The molecule has 2 nitrogen and oxygen atoms in total. The zero-order valence-corrected chi connectivity index (χ0v) is 12.6. The van der Waals surface area contributed by atoms with Gasteiger partial charge in [0.1, 0.15) is 11.4 Å². The van der Waals surface area contributed by atoms with Crippen molar-refractivity contribution in [2.45, 2.75) is 38.2 Å². The topological polar surface area (TPSA) is 35.2 Å². The van der Waals surface area contributed by atoms with Gasteiger partial charge >= 0.3 is 0 Å². The summed E-state index contributed by atoms with van der Waals surface area (Å²) in [5, 5.41) is 0. The maximum Gasteiger partial charge on any atom is 0.132 e. The summed E-state index contributed by atoms with van der Waals surface area (Å²) in [7, 11) is 0. The van der Waals surface area contributed by atoms with Gasteiger partial charge in [-0.25, -0.2) is 0 Å². The highest BCUT2D eigenvalue weighted by Gasteiger charge is 2.28. The third-order valence-corrected chi connectivity index (χ3v) is 4.42. The van der Waals surface area contributed by atoms with E-state index in [2.05, 4.69) is 49.4 Å². The fraction of sp³-hybridized carbons (Fsp3) is 0.368. The van der Waals surface area contributed by atoms with E-state index in [9.17, 15) is 0 Å². The van der Waals surface area contributed by atoms with Gasteiger partial charge in [0.25, 0.3) is 0 Å². The van der Waals surface area contributed by atoms with Gasteiger partial charge in [0.15, 0.2) is 0 Å². The average Bonchev–Trinajstić information content (AvgIpc) is 2.96. The van der Waals surface area contributed by atoms with Gasteiger partial charge in [-0.1, -0.05) is 36.4 Å². The number of nitrogens with two attached hydrogens (primary N) is 1. The molecular formula is C19H23NO. The minimum absolute atomic E-state index is 0.372. The summed E-state index contributed by atoms with van der Waals surface area (Å²) in [6, 6.07) is 16.9. The van der Waals surface area contributed by atoms with Crippen LogP contribution in [-0.4, -0.2) is 6.54 Å². The van der Waals surface area contributed by atoms with Crippen molar-refractivity contribution in [1.29, 1.82) is 0 Å². The van der Waals surface area contributed by atoms with E-state index < -0.39 is 0 Å². The van der Waals surface area contributed by atoms with Gasteiger partial charge in [-0.15, -0.1) is 0 Å². The summed E-state index contributed by atoms with van der Waals surface area (Å²) in [6.45, 7) is 2.73. The first-order valence-electron chi connectivity index (χ1n) is 7.78. The van der Waals surface area contributed by atoms with Crippen molar-refractivity contribution in [2.24, 2.45) is 5.73 Å². The Morgan fingerprint density at radius 1 is 1.05 bits per heavy atom. The highest BCUT2D eigenvalue weighted by molar-refractivity contribution is 5.39. The average molecular weight is 281 g/mol. The summed E-state index contributed by atoms with van der Waals surface area (Å²) in [5.74, 6) is 0.954. The largest absolute Gasteiger partial charge is 0.483 e. The zero-order valence-electron chi connectivity index (χ0n) is 12.6. The molecule has 21 heavy (non-hydrogen) atoms. The molecule has 2 heteroatoms. The molecule has 0 amide bonds. The minimum atomic E-state index is -0.372. The van der Waals surface area contributed by atoms with Crippen LogP contribution in [0.15, 0.2) is 48.5 Å². The van der Waals surface area contributed by atoms with Gasteiger partial charge in [-0.05, 0) is 61.6 Å². The highest BCUT2D eigenvalue weighted by Crippen LogP contribution is 2.33. The van der Waals surface area contributed by atoms with Crippen LogP contribution < -0.4 is 10.5 Å². The van der Waals surface area contributed by atoms with Crippen LogP contribution in [0.1, 0.15) is 36.5 Å². The van der Waals surface area contributed by atoms with Crippen LogP contribution in [0, 0.1) is 0 Å². The predicted octanol–water partition coefficient (Wildman–Crippen LogP) is 3.82. The molecule has 0 spiro atoms. The van der Waals surface area contributed by atoms with Crippen molar-refractivity contribution in [2.75, 3.05) is 6.54 Å². The Bertz CT molecular complexity index is 608. The molecule has 0 radical (unpaired) electrons. The Labute approximate surface area is 126 Å². The molecule has 2 aromatic carbocycles. The van der Waals surface area contributed by atoms with Gasteiger partial charge in [0.05, 0.1) is 0 Å². The quantitative estimate of drug-likeness (QED) is 0.904. The molecule has 2 N–H and O–H groups in total. The number of rotatable bonds is 5. The van der Waals surface area contributed by atoms with Crippen molar-refractivity contribution in [3.63, 3.8) is 0 Å². The standard InChI is InChI=1S/C19H23NO/c1-19(12-13-20,17-8-3-2-4-9-17)21-18-11-10-15-6-5-7-16(15)14-18/h2-4,8-11,14H,5-7,12-13,20H2,1H3. The summed E-state index contributed by atoms with van der Waals surface area (Å²) in [5.41, 5.74) is 9.54. The molecule has 0 aromatic heterocycles. The molecule has 0 heterocycles. The SMILES string of the molecule is CC(CCN)(Oc1ccc2c(c1)CCC2)c1ccccc1. The molecule has 1 aliphatic rings. The van der Waals surface area contributed by atoms with E-state index in [4.69, 9.17) is 10.5 Å². The molecule has 2 aromatic rings. The maximum atomic E-state index is 6.37. The predicted molar refractivity (Wildman–Crippen MR) is 86.6 cm³/mol. The first kappa shape index (κ1) is 14.2. The number of ether oxygens (including phenoxy) is 1. The molecule has 1 atom stereocenters. The first-order valence-corrected chi connectivity index (χ1v) is 7.78. The summed E-state index contributed by atoms with van der Waals surface area (Å²) in [4.78, 5) is 0. The molecule has 1 aliphatic carbocycles. The third-order valence-electron chi connectivity index (χ3n) is 4.42. The fourth-order valence-electron chi connectivity index (χ4n) is 3.19. The smallest absolute Gasteiger partial charge is 0.132 e. The van der Waals surface area contributed by atoms with Gasteiger partial charge < -0.3 is 10.5 Å². The maximum absolute atomic E-state index is 6.37. The van der Waals surface area contributed by atoms with Crippen molar-refractivity contribution < 1.29 is 4.74 Å². The van der Waals surface area contributed by atoms with Crippen LogP contribution in [0.2, 0.25) is 0 Å². The number of benzene rings is 2.